The molecule has 0 bridgehead atoms. The molecule has 0 unspecified atom stereocenters. The van der Waals surface area contributed by atoms with Gasteiger partial charge in [-0.05, 0) is 94.2 Å². The molecule has 2 aliphatic rings. The summed E-state index contributed by atoms with van der Waals surface area (Å²) < 4.78 is 6.85. The van der Waals surface area contributed by atoms with E-state index in [0.29, 0.717) is 41.6 Å². The van der Waals surface area contributed by atoms with Gasteiger partial charge < -0.3 is 20.7 Å². The number of para-hydroxylation sites is 1. The molecule has 1 atom stereocenters. The molecule has 2 heterocycles. The zero-order valence-electron chi connectivity index (χ0n) is 26.1. The number of carbonyl (C=O) groups excluding carboxylic acids is 4. The number of rotatable bonds is 8. The Hall–Kier alpha value is -4.77. The van der Waals surface area contributed by atoms with Crippen molar-refractivity contribution in [2.45, 2.75) is 65.0 Å². The van der Waals surface area contributed by atoms with Crippen molar-refractivity contribution < 1.29 is 23.9 Å². The molecule has 0 saturated heterocycles. The van der Waals surface area contributed by atoms with Crippen molar-refractivity contribution in [3.8, 4) is 0 Å². The molecular formula is C34H35ClN6O5. The Morgan fingerprint density at radius 2 is 1.76 bits per heavy atom. The summed E-state index contributed by atoms with van der Waals surface area (Å²) in [5.41, 5.74) is 3.17. The average Bonchev–Trinajstić information content (AvgIpc) is 3.59. The van der Waals surface area contributed by atoms with Crippen LogP contribution in [0, 0.1) is 12.8 Å². The summed E-state index contributed by atoms with van der Waals surface area (Å²) in [6, 6.07) is 11.4. The summed E-state index contributed by atoms with van der Waals surface area (Å²) in [5, 5.41) is 13.4. The fourth-order valence-electron chi connectivity index (χ4n) is 5.62. The van der Waals surface area contributed by atoms with Crippen molar-refractivity contribution in [2.75, 3.05) is 11.9 Å². The van der Waals surface area contributed by atoms with Crippen LogP contribution in [0.4, 0.5) is 5.69 Å². The molecule has 1 fully saturated rings. The van der Waals surface area contributed by atoms with Gasteiger partial charge in [0.15, 0.2) is 5.65 Å². The lowest BCUT2D eigenvalue weighted by atomic mass is 9.97. The minimum absolute atomic E-state index is 0.00439. The fraction of sp³-hybridized carbons (Fsp3) is 0.353. The SMILES string of the molecule is Cc1c(C(=O)OC(C)(C)C)ccc2c1CC[C@@H]2NC(=O)c1cc(C(=O)NCC2CC2)nc2c(C(=O)Nc3ccccc3Cl)cnn12. The van der Waals surface area contributed by atoms with Gasteiger partial charge in [-0.2, -0.15) is 5.10 Å². The second-order valence-electron chi connectivity index (χ2n) is 12.8. The highest BCUT2D eigenvalue weighted by Gasteiger charge is 2.31. The molecule has 0 radical (unpaired) electrons. The fourth-order valence-corrected chi connectivity index (χ4v) is 5.80. The monoisotopic (exact) mass is 642 g/mol. The smallest absolute Gasteiger partial charge is 0.338 e. The van der Waals surface area contributed by atoms with E-state index in [9.17, 15) is 19.2 Å². The first kappa shape index (κ1) is 31.2. The van der Waals surface area contributed by atoms with Crippen molar-refractivity contribution in [2.24, 2.45) is 5.92 Å². The molecule has 0 spiro atoms. The number of fused-ring (bicyclic) bond motifs is 2. The quantitative estimate of drug-likeness (QED) is 0.217. The van der Waals surface area contributed by atoms with Crippen LogP contribution in [0.15, 0.2) is 48.7 Å². The highest BCUT2D eigenvalue weighted by Crippen LogP contribution is 2.35. The van der Waals surface area contributed by atoms with Crippen LogP contribution in [-0.4, -0.2) is 50.4 Å². The number of nitrogens with one attached hydrogen (secondary N) is 3. The lowest BCUT2D eigenvalue weighted by Crippen LogP contribution is -2.31. The highest BCUT2D eigenvalue weighted by atomic mass is 35.5. The van der Waals surface area contributed by atoms with E-state index in [1.54, 1.807) is 30.3 Å². The van der Waals surface area contributed by atoms with Gasteiger partial charge >= 0.3 is 5.97 Å². The van der Waals surface area contributed by atoms with E-state index in [4.69, 9.17) is 16.3 Å². The lowest BCUT2D eigenvalue weighted by Gasteiger charge is -2.21. The van der Waals surface area contributed by atoms with E-state index in [1.165, 1.54) is 16.8 Å². The normalized spacial score (nSPS) is 15.7. The summed E-state index contributed by atoms with van der Waals surface area (Å²) in [6.07, 6.45) is 4.70. The van der Waals surface area contributed by atoms with Crippen LogP contribution in [0.3, 0.4) is 0 Å². The Kier molecular flexibility index (Phi) is 8.28. The first-order valence-corrected chi connectivity index (χ1v) is 15.7. The van der Waals surface area contributed by atoms with Gasteiger partial charge in [-0.15, -0.1) is 0 Å². The summed E-state index contributed by atoms with van der Waals surface area (Å²) in [7, 11) is 0. The van der Waals surface area contributed by atoms with Crippen LogP contribution in [0.25, 0.3) is 5.65 Å². The number of halogens is 1. The van der Waals surface area contributed by atoms with Gasteiger partial charge in [-0.3, -0.25) is 14.4 Å². The molecule has 2 aliphatic carbocycles. The minimum Gasteiger partial charge on any atom is -0.456 e. The molecule has 1 saturated carbocycles. The number of aromatic nitrogens is 3. The molecule has 238 valence electrons. The van der Waals surface area contributed by atoms with Crippen LogP contribution in [0.5, 0.6) is 0 Å². The Labute approximate surface area is 271 Å². The summed E-state index contributed by atoms with van der Waals surface area (Å²) in [4.78, 5) is 57.7. The van der Waals surface area contributed by atoms with Crippen molar-refractivity contribution in [1.29, 1.82) is 0 Å². The first-order chi connectivity index (χ1) is 21.9. The second-order valence-corrected chi connectivity index (χ2v) is 13.2. The van der Waals surface area contributed by atoms with Gasteiger partial charge in [0, 0.05) is 12.6 Å². The number of carbonyl (C=O) groups is 4. The first-order valence-electron chi connectivity index (χ1n) is 15.3. The van der Waals surface area contributed by atoms with Gasteiger partial charge in [0.05, 0.1) is 28.5 Å². The third-order valence-corrected chi connectivity index (χ3v) is 8.50. The summed E-state index contributed by atoms with van der Waals surface area (Å²) in [5.74, 6) is -1.43. The van der Waals surface area contributed by atoms with E-state index in [0.717, 1.165) is 29.5 Å². The number of esters is 1. The molecule has 3 N–H and O–H groups in total. The number of ether oxygens (including phenoxy) is 1. The maximum absolute atomic E-state index is 13.9. The molecule has 0 aliphatic heterocycles. The van der Waals surface area contributed by atoms with E-state index in [-0.39, 0.29) is 34.6 Å². The maximum Gasteiger partial charge on any atom is 0.338 e. The largest absolute Gasteiger partial charge is 0.456 e. The summed E-state index contributed by atoms with van der Waals surface area (Å²) >= 11 is 6.24. The minimum atomic E-state index is -0.621. The van der Waals surface area contributed by atoms with Crippen molar-refractivity contribution in [3.05, 3.63) is 92.9 Å². The van der Waals surface area contributed by atoms with E-state index in [1.807, 2.05) is 33.8 Å². The van der Waals surface area contributed by atoms with Crippen LogP contribution in [0.2, 0.25) is 5.02 Å². The zero-order valence-corrected chi connectivity index (χ0v) is 26.8. The van der Waals surface area contributed by atoms with Gasteiger partial charge in [0.2, 0.25) is 0 Å². The average molecular weight is 643 g/mol. The third kappa shape index (κ3) is 6.46. The number of amides is 3. The molecule has 11 nitrogen and oxygen atoms in total. The molecule has 2 aromatic heterocycles. The number of nitrogens with zero attached hydrogens (tertiary/aromatic N) is 3. The summed E-state index contributed by atoms with van der Waals surface area (Å²) in [6.45, 7) is 7.87. The third-order valence-electron chi connectivity index (χ3n) is 8.17. The van der Waals surface area contributed by atoms with Crippen molar-refractivity contribution in [1.82, 2.24) is 25.2 Å². The maximum atomic E-state index is 13.9. The van der Waals surface area contributed by atoms with Gasteiger partial charge in [-0.25, -0.2) is 14.3 Å². The Morgan fingerprint density at radius 3 is 2.48 bits per heavy atom. The number of benzene rings is 2. The molecule has 3 amide bonds. The van der Waals surface area contributed by atoms with Crippen LogP contribution in [-0.2, 0) is 11.2 Å². The topological polar surface area (TPSA) is 144 Å². The molecular weight excluding hydrogens is 608 g/mol. The van der Waals surface area contributed by atoms with Crippen LogP contribution >= 0.6 is 11.6 Å². The van der Waals surface area contributed by atoms with Crippen LogP contribution in [0.1, 0.15) is 104 Å². The Morgan fingerprint density at radius 1 is 1.00 bits per heavy atom. The predicted molar refractivity (Wildman–Crippen MR) is 172 cm³/mol. The Balaban J connectivity index is 1.30. The van der Waals surface area contributed by atoms with Gasteiger partial charge in [0.1, 0.15) is 22.6 Å². The molecule has 6 rings (SSSR count). The number of anilines is 1. The standard InChI is InChI=1S/C34H35ClN6O5/c1-18-20-13-14-25(22(20)12-11-21(18)33(45)46-34(2,3)4)39-32(44)28-15-27(31(43)36-16-19-9-10-19)38-29-23(17-37-41(28)29)30(42)40-26-8-6-5-7-24(26)35/h5-8,11-12,15,17,19,25H,9-10,13-14,16H2,1-4H3,(H,36,43)(H,39,44)(H,40,42)/t25-/m0/s1. The molecule has 2 aromatic carbocycles. The van der Waals surface area contributed by atoms with Crippen molar-refractivity contribution in [3.63, 3.8) is 0 Å². The van der Waals surface area contributed by atoms with Gasteiger partial charge in [0.25, 0.3) is 17.7 Å². The number of hydrogen-bond donors (Lipinski definition) is 3. The molecule has 4 aromatic rings. The van der Waals surface area contributed by atoms with Crippen molar-refractivity contribution >= 4 is 46.6 Å². The molecule has 12 heteroatoms. The van der Waals surface area contributed by atoms with E-state index in [2.05, 4.69) is 26.0 Å². The predicted octanol–water partition coefficient (Wildman–Crippen LogP) is 5.46. The highest BCUT2D eigenvalue weighted by molar-refractivity contribution is 6.34. The van der Waals surface area contributed by atoms with E-state index >= 15 is 0 Å². The molecule has 46 heavy (non-hydrogen) atoms. The zero-order chi connectivity index (χ0) is 32.7. The Bertz CT molecular complexity index is 1890. The van der Waals surface area contributed by atoms with Crippen LogP contribution < -0.4 is 16.0 Å². The van der Waals surface area contributed by atoms with E-state index < -0.39 is 23.3 Å². The van der Waals surface area contributed by atoms with Gasteiger partial charge in [-0.1, -0.05) is 29.8 Å². The second kappa shape index (κ2) is 12.2. The lowest BCUT2D eigenvalue weighted by molar-refractivity contribution is 0.00682. The number of hydrogen-bond acceptors (Lipinski definition) is 7.